The number of rotatable bonds is 7. The van der Waals surface area contributed by atoms with Gasteiger partial charge in [0.15, 0.2) is 5.11 Å². The monoisotopic (exact) mass is 438 g/mol. The van der Waals surface area contributed by atoms with E-state index < -0.39 is 0 Å². The second kappa shape index (κ2) is 10.0. The van der Waals surface area contributed by atoms with E-state index in [4.69, 9.17) is 21.2 Å². The maximum atomic E-state index is 5.96. The predicted octanol–water partition coefficient (Wildman–Crippen LogP) is 5.07. The molecule has 0 radical (unpaired) electrons. The smallest absolute Gasteiger partial charge is 0.232 e. The molecular weight excluding hydrogens is 408 g/mol. The van der Waals surface area contributed by atoms with Gasteiger partial charge in [-0.3, -0.25) is 0 Å². The Hall–Kier alpha value is -2.80. The molecule has 0 unspecified atom stereocenters. The minimum absolute atomic E-state index is 0.578. The van der Waals surface area contributed by atoms with Crippen LogP contribution in [-0.4, -0.2) is 34.8 Å². The summed E-state index contributed by atoms with van der Waals surface area (Å²) in [5, 5.41) is 8.48. The van der Waals surface area contributed by atoms with Crippen molar-refractivity contribution in [3.8, 4) is 11.3 Å². The van der Waals surface area contributed by atoms with Crippen LogP contribution in [-0.2, 0) is 13.1 Å². The molecule has 6 nitrogen and oxygen atoms in total. The Kier molecular flexibility index (Phi) is 6.92. The lowest BCUT2D eigenvalue weighted by Crippen LogP contribution is -2.39. The van der Waals surface area contributed by atoms with Crippen LogP contribution in [0.1, 0.15) is 38.0 Å². The van der Waals surface area contributed by atoms with Crippen molar-refractivity contribution >= 4 is 23.2 Å². The number of nitrogens with zero attached hydrogens (tertiary/aromatic N) is 3. The van der Waals surface area contributed by atoms with Crippen LogP contribution in [0.15, 0.2) is 57.7 Å². The Labute approximate surface area is 189 Å². The van der Waals surface area contributed by atoms with Crippen LogP contribution in [0.25, 0.3) is 11.3 Å². The van der Waals surface area contributed by atoms with Crippen LogP contribution in [0.4, 0.5) is 5.88 Å². The zero-order valence-electron chi connectivity index (χ0n) is 18.2. The third-order valence-electron chi connectivity index (χ3n) is 5.78. The van der Waals surface area contributed by atoms with Gasteiger partial charge >= 0.3 is 0 Å². The van der Waals surface area contributed by atoms with Crippen LogP contribution in [0.3, 0.4) is 0 Å². The molecule has 0 saturated carbocycles. The maximum absolute atomic E-state index is 5.96. The van der Waals surface area contributed by atoms with Gasteiger partial charge in [0.25, 0.3) is 0 Å². The van der Waals surface area contributed by atoms with E-state index in [-0.39, 0.29) is 0 Å². The molecule has 164 valence electrons. The van der Waals surface area contributed by atoms with Crippen molar-refractivity contribution in [3.05, 3.63) is 60.1 Å². The van der Waals surface area contributed by atoms with Crippen molar-refractivity contribution in [3.63, 3.8) is 0 Å². The molecule has 0 amide bonds. The normalized spacial score (nSPS) is 14.6. The second-order valence-electron chi connectivity index (χ2n) is 8.12. The highest BCUT2D eigenvalue weighted by Crippen LogP contribution is 2.34. The number of anilines is 1. The fourth-order valence-corrected chi connectivity index (χ4v) is 4.24. The first-order valence-corrected chi connectivity index (χ1v) is 11.4. The average molecular weight is 439 g/mol. The number of thiocarbonyl (C=S) groups is 1. The summed E-state index contributed by atoms with van der Waals surface area (Å²) >= 11 is 5.70. The van der Waals surface area contributed by atoms with Crippen molar-refractivity contribution in [1.82, 2.24) is 15.4 Å². The zero-order valence-corrected chi connectivity index (χ0v) is 19.0. The van der Waals surface area contributed by atoms with E-state index in [0.29, 0.717) is 18.2 Å². The molecule has 1 saturated heterocycles. The van der Waals surface area contributed by atoms with Gasteiger partial charge in [-0.05, 0) is 50.0 Å². The molecule has 0 bridgehead atoms. The van der Waals surface area contributed by atoms with Crippen molar-refractivity contribution < 1.29 is 8.94 Å². The van der Waals surface area contributed by atoms with E-state index in [1.165, 1.54) is 0 Å². The van der Waals surface area contributed by atoms with Crippen molar-refractivity contribution in [1.29, 1.82) is 0 Å². The number of benzene rings is 1. The van der Waals surface area contributed by atoms with Gasteiger partial charge in [0.2, 0.25) is 5.88 Å². The molecular formula is C24H30N4O2S. The summed E-state index contributed by atoms with van der Waals surface area (Å²) in [6.45, 7) is 8.25. The lowest BCUT2D eigenvalue weighted by atomic mass is 9.98. The minimum atomic E-state index is 0.578. The summed E-state index contributed by atoms with van der Waals surface area (Å²) in [6.07, 6.45) is 4.01. The molecule has 0 aliphatic carbocycles. The molecule has 4 rings (SSSR count). The fraction of sp³-hybridized carbons (Fsp3) is 0.417. The van der Waals surface area contributed by atoms with Crippen LogP contribution < -0.4 is 10.2 Å². The molecule has 3 heterocycles. The molecule has 1 aliphatic heterocycles. The Morgan fingerprint density at radius 2 is 1.94 bits per heavy atom. The first kappa shape index (κ1) is 21.4. The molecule has 1 N–H and O–H groups in total. The van der Waals surface area contributed by atoms with E-state index in [9.17, 15) is 0 Å². The standard InChI is InChI=1S/C24H30N4O2S/c1-3-25-24(31)28(16-20-10-7-15-29-20)17-21-22(19-8-5-4-6-9-19)26-30-23(21)27-13-11-18(2)12-14-27/h4-10,15,18H,3,11-14,16-17H2,1-2H3,(H,25,31). The summed E-state index contributed by atoms with van der Waals surface area (Å²) < 4.78 is 11.6. The van der Waals surface area contributed by atoms with Gasteiger partial charge in [0.1, 0.15) is 11.5 Å². The van der Waals surface area contributed by atoms with E-state index in [1.807, 2.05) is 37.3 Å². The van der Waals surface area contributed by atoms with Crippen LogP contribution in [0.5, 0.6) is 0 Å². The fourth-order valence-electron chi connectivity index (χ4n) is 3.97. The van der Waals surface area contributed by atoms with E-state index in [1.54, 1.807) is 6.26 Å². The van der Waals surface area contributed by atoms with Gasteiger partial charge in [0.05, 0.1) is 24.9 Å². The van der Waals surface area contributed by atoms with Gasteiger partial charge in [-0.15, -0.1) is 0 Å². The van der Waals surface area contributed by atoms with E-state index in [0.717, 1.165) is 66.9 Å². The third kappa shape index (κ3) is 5.10. The Bertz CT molecular complexity index is 963. The predicted molar refractivity (Wildman–Crippen MR) is 127 cm³/mol. The van der Waals surface area contributed by atoms with Gasteiger partial charge in [-0.25, -0.2) is 0 Å². The first-order chi connectivity index (χ1) is 15.2. The highest BCUT2D eigenvalue weighted by Gasteiger charge is 2.27. The highest BCUT2D eigenvalue weighted by atomic mass is 32.1. The van der Waals surface area contributed by atoms with Crippen LogP contribution in [0.2, 0.25) is 0 Å². The summed E-state index contributed by atoms with van der Waals surface area (Å²) in [6, 6.07) is 14.1. The SMILES string of the molecule is CCNC(=S)N(Cc1ccco1)Cc1c(-c2ccccc2)noc1N1CCC(C)CC1. The average Bonchev–Trinajstić information content (AvgIpc) is 3.45. The summed E-state index contributed by atoms with van der Waals surface area (Å²) in [7, 11) is 0. The maximum Gasteiger partial charge on any atom is 0.232 e. The largest absolute Gasteiger partial charge is 0.467 e. The number of hydrogen-bond donors (Lipinski definition) is 1. The highest BCUT2D eigenvalue weighted by molar-refractivity contribution is 7.80. The van der Waals surface area contributed by atoms with Gasteiger partial charge in [-0.1, -0.05) is 42.4 Å². The Balaban J connectivity index is 1.69. The third-order valence-corrected chi connectivity index (χ3v) is 6.18. The van der Waals surface area contributed by atoms with Crippen molar-refractivity contribution in [2.24, 2.45) is 5.92 Å². The van der Waals surface area contributed by atoms with Gasteiger partial charge in [0, 0.05) is 25.2 Å². The lowest BCUT2D eigenvalue weighted by molar-refractivity contribution is 0.347. The first-order valence-electron chi connectivity index (χ1n) is 11.0. The molecule has 1 aliphatic rings. The minimum Gasteiger partial charge on any atom is -0.467 e. The summed E-state index contributed by atoms with van der Waals surface area (Å²) in [4.78, 5) is 4.45. The number of piperidine rings is 1. The number of nitrogens with one attached hydrogen (secondary N) is 1. The van der Waals surface area contributed by atoms with Gasteiger partial charge < -0.3 is 24.1 Å². The molecule has 7 heteroatoms. The van der Waals surface area contributed by atoms with E-state index >= 15 is 0 Å². The zero-order chi connectivity index (χ0) is 21.6. The summed E-state index contributed by atoms with van der Waals surface area (Å²) in [5.41, 5.74) is 2.98. The molecule has 1 aromatic carbocycles. The summed E-state index contributed by atoms with van der Waals surface area (Å²) in [5.74, 6) is 2.47. The van der Waals surface area contributed by atoms with Gasteiger partial charge in [-0.2, -0.15) is 0 Å². The number of aromatic nitrogens is 1. The molecule has 1 fully saturated rings. The van der Waals surface area contributed by atoms with E-state index in [2.05, 4.69) is 39.3 Å². The number of hydrogen-bond acceptors (Lipinski definition) is 5. The van der Waals surface area contributed by atoms with Crippen molar-refractivity contribution in [2.75, 3.05) is 24.5 Å². The second-order valence-corrected chi connectivity index (χ2v) is 8.51. The molecule has 0 spiro atoms. The molecule has 0 atom stereocenters. The Morgan fingerprint density at radius 3 is 2.61 bits per heavy atom. The topological polar surface area (TPSA) is 57.7 Å². The van der Waals surface area contributed by atoms with Crippen LogP contribution in [0, 0.1) is 5.92 Å². The molecule has 31 heavy (non-hydrogen) atoms. The lowest BCUT2D eigenvalue weighted by Gasteiger charge is -2.31. The number of furan rings is 1. The van der Waals surface area contributed by atoms with Crippen molar-refractivity contribution in [2.45, 2.75) is 39.8 Å². The molecule has 3 aromatic rings. The van der Waals surface area contributed by atoms with Crippen LogP contribution >= 0.6 is 12.2 Å². The quantitative estimate of drug-likeness (QED) is 0.517. The Morgan fingerprint density at radius 1 is 1.16 bits per heavy atom. The molecule has 2 aromatic heterocycles.